The molecule has 28 heavy (non-hydrogen) atoms. The van der Waals surface area contributed by atoms with Gasteiger partial charge in [-0.2, -0.15) is 17.9 Å². The summed E-state index contributed by atoms with van der Waals surface area (Å²) in [6, 6.07) is 9.21. The predicted molar refractivity (Wildman–Crippen MR) is 97.4 cm³/mol. The van der Waals surface area contributed by atoms with Gasteiger partial charge in [-0.25, -0.2) is 10.9 Å². The van der Waals surface area contributed by atoms with Crippen LogP contribution in [-0.4, -0.2) is 35.3 Å². The van der Waals surface area contributed by atoms with E-state index in [0.29, 0.717) is 0 Å². The number of hydrogen-bond acceptors (Lipinski definition) is 7. The monoisotopic (exact) mass is 413 g/mol. The average molecular weight is 413 g/mol. The number of nitrogens with one attached hydrogen (secondary N) is 3. The molecule has 13 heteroatoms. The van der Waals surface area contributed by atoms with Gasteiger partial charge in [-0.05, 0) is 31.2 Å². The summed E-state index contributed by atoms with van der Waals surface area (Å²) in [4.78, 5) is 9.51. The topological polar surface area (TPSA) is 178 Å². The van der Waals surface area contributed by atoms with Crippen LogP contribution in [0.15, 0.2) is 52.5 Å². The van der Waals surface area contributed by atoms with Gasteiger partial charge in [-0.1, -0.05) is 17.7 Å². The molecule has 0 spiro atoms. The van der Waals surface area contributed by atoms with Crippen LogP contribution >= 0.6 is 0 Å². The Labute approximate surface area is 158 Å². The van der Waals surface area contributed by atoms with Crippen molar-refractivity contribution in [2.45, 2.75) is 11.8 Å². The maximum Gasteiger partial charge on any atom is 0.305 e. The lowest BCUT2D eigenvalue weighted by Gasteiger charge is -1.99. The first-order valence-corrected chi connectivity index (χ1v) is 8.74. The Morgan fingerprint density at radius 2 is 1.89 bits per heavy atom. The number of aryl methyl sites for hydroxylation is 1. The van der Waals surface area contributed by atoms with Crippen LogP contribution in [0.25, 0.3) is 0 Å². The average Bonchev–Trinajstić information content (AvgIpc) is 2.62. The summed E-state index contributed by atoms with van der Waals surface area (Å²) in [5.74, 6) is -1.41. The highest BCUT2D eigenvalue weighted by atomic mass is 32.2. The van der Waals surface area contributed by atoms with Crippen LogP contribution in [0.3, 0.4) is 0 Å². The molecule has 0 heterocycles. The zero-order chi connectivity index (χ0) is 21.3. The summed E-state index contributed by atoms with van der Waals surface area (Å²) in [6.45, 7) is 1.84. The molecule has 11 nitrogen and oxygen atoms in total. The lowest BCUT2D eigenvalue weighted by molar-refractivity contribution is -0.387. The van der Waals surface area contributed by atoms with Crippen molar-refractivity contribution in [1.82, 2.24) is 10.9 Å². The minimum atomic E-state index is -4.02. The van der Waals surface area contributed by atoms with Crippen molar-refractivity contribution in [2.75, 3.05) is 0 Å². The van der Waals surface area contributed by atoms with Crippen LogP contribution in [0.4, 0.5) is 10.1 Å². The van der Waals surface area contributed by atoms with Gasteiger partial charge in [0.1, 0.15) is 0 Å². The number of hydrogen-bond donors (Lipinski definition) is 5. The summed E-state index contributed by atoms with van der Waals surface area (Å²) < 4.78 is 42.5. The van der Waals surface area contributed by atoms with E-state index in [0.717, 1.165) is 23.9 Å². The summed E-state index contributed by atoms with van der Waals surface area (Å²) in [7, 11) is -4.02. The number of nitro groups is 1. The lowest BCUT2D eigenvalue weighted by atomic mass is 10.2. The maximum absolute atomic E-state index is 12.9. The van der Waals surface area contributed by atoms with E-state index in [9.17, 15) is 22.9 Å². The fourth-order valence-electron chi connectivity index (χ4n) is 1.66. The Hall–Kier alpha value is -3.42. The van der Waals surface area contributed by atoms with Crippen LogP contribution < -0.4 is 10.9 Å². The summed E-state index contributed by atoms with van der Waals surface area (Å²) in [5, 5.41) is 29.0. The molecule has 0 fully saturated rings. The second-order valence-corrected chi connectivity index (χ2v) is 6.53. The van der Waals surface area contributed by atoms with E-state index < -0.39 is 32.5 Å². The summed E-state index contributed by atoms with van der Waals surface area (Å²) in [6.07, 6.45) is 1.14. The van der Waals surface area contributed by atoms with Gasteiger partial charge in [0.2, 0.25) is 11.8 Å². The molecule has 0 aliphatic heterocycles. The molecular weight excluding hydrogens is 397 g/mol. The molecule has 0 aliphatic carbocycles. The maximum atomic E-state index is 12.9. The molecule has 2 rings (SSSR count). The van der Waals surface area contributed by atoms with Crippen molar-refractivity contribution in [2.24, 2.45) is 5.10 Å². The van der Waals surface area contributed by atoms with Gasteiger partial charge in [0, 0.05) is 11.6 Å². The first kappa shape index (κ1) is 22.6. The Bertz CT molecular complexity index is 979. The number of hydroxylamine groups is 1. The number of nitrogens with zero attached hydrogens (tertiary/aromatic N) is 2. The fourth-order valence-corrected chi connectivity index (χ4v) is 2.14. The third-order valence-corrected chi connectivity index (χ3v) is 3.86. The molecule has 2 aromatic rings. The SMILES string of the molecule is Cc1ccc(S(=O)(=O)O)cc1.N=C(NO)N/N=C/c1ccc(F)c([N+](=O)[O-])c1. The minimum absolute atomic E-state index is 0.0666. The van der Waals surface area contributed by atoms with Gasteiger partial charge in [0.25, 0.3) is 10.1 Å². The van der Waals surface area contributed by atoms with E-state index in [2.05, 4.69) is 10.5 Å². The van der Waals surface area contributed by atoms with Crippen LogP contribution in [0.1, 0.15) is 11.1 Å². The van der Waals surface area contributed by atoms with Crippen molar-refractivity contribution in [1.29, 1.82) is 5.41 Å². The standard InChI is InChI=1S/C8H8FN5O3.C7H8O3S/c9-6-2-1-5(3-7(6)14(16)17)4-11-12-8(10)13-15;1-6-2-4-7(5-3-6)11(8,9)10/h1-4,15H,(H3,10,12,13);2-5H,1H3,(H,8,9,10)/b11-4+;. The highest BCUT2D eigenvalue weighted by molar-refractivity contribution is 7.85. The van der Waals surface area contributed by atoms with Crippen LogP contribution in [0.2, 0.25) is 0 Å². The Morgan fingerprint density at radius 3 is 2.39 bits per heavy atom. The minimum Gasteiger partial charge on any atom is -0.288 e. The number of guanidine groups is 1. The van der Waals surface area contributed by atoms with Gasteiger partial charge >= 0.3 is 5.69 Å². The van der Waals surface area contributed by atoms with E-state index >= 15 is 0 Å². The molecule has 0 unspecified atom stereocenters. The van der Waals surface area contributed by atoms with Gasteiger partial charge < -0.3 is 0 Å². The quantitative estimate of drug-likeness (QED) is 0.165. The van der Waals surface area contributed by atoms with Crippen molar-refractivity contribution in [3.8, 4) is 0 Å². The predicted octanol–water partition coefficient (Wildman–Crippen LogP) is 1.81. The number of halogens is 1. The molecule has 0 saturated heterocycles. The van der Waals surface area contributed by atoms with E-state index in [1.54, 1.807) is 12.1 Å². The van der Waals surface area contributed by atoms with Crippen molar-refractivity contribution >= 4 is 28.0 Å². The fraction of sp³-hybridized carbons (Fsp3) is 0.0667. The molecule has 0 aromatic heterocycles. The van der Waals surface area contributed by atoms with Gasteiger partial charge in [0.15, 0.2) is 0 Å². The zero-order valence-electron chi connectivity index (χ0n) is 14.3. The largest absolute Gasteiger partial charge is 0.305 e. The smallest absolute Gasteiger partial charge is 0.288 e. The third-order valence-electron chi connectivity index (χ3n) is 2.99. The highest BCUT2D eigenvalue weighted by Gasteiger charge is 2.13. The molecule has 0 bridgehead atoms. The van der Waals surface area contributed by atoms with E-state index in [4.69, 9.17) is 15.2 Å². The molecule has 0 saturated carbocycles. The van der Waals surface area contributed by atoms with E-state index in [-0.39, 0.29) is 10.5 Å². The Morgan fingerprint density at radius 1 is 1.29 bits per heavy atom. The van der Waals surface area contributed by atoms with Gasteiger partial charge in [-0.3, -0.25) is 25.3 Å². The Balaban J connectivity index is 0.000000307. The first-order chi connectivity index (χ1) is 13.0. The molecule has 0 atom stereocenters. The van der Waals surface area contributed by atoms with Crippen LogP contribution in [0.5, 0.6) is 0 Å². The van der Waals surface area contributed by atoms with Crippen molar-refractivity contribution in [3.63, 3.8) is 0 Å². The molecule has 0 aliphatic rings. The first-order valence-electron chi connectivity index (χ1n) is 7.30. The molecule has 0 amide bonds. The summed E-state index contributed by atoms with van der Waals surface area (Å²) >= 11 is 0. The second kappa shape index (κ2) is 10.1. The van der Waals surface area contributed by atoms with Gasteiger partial charge in [0.05, 0.1) is 16.0 Å². The molecule has 5 N–H and O–H groups in total. The Kier molecular flexibility index (Phi) is 8.12. The van der Waals surface area contributed by atoms with Crippen molar-refractivity contribution in [3.05, 3.63) is 69.5 Å². The summed E-state index contributed by atoms with van der Waals surface area (Å²) in [5.41, 5.74) is 4.12. The second-order valence-electron chi connectivity index (χ2n) is 5.11. The number of benzene rings is 2. The normalized spacial score (nSPS) is 10.7. The highest BCUT2D eigenvalue weighted by Crippen LogP contribution is 2.17. The van der Waals surface area contributed by atoms with Gasteiger partial charge in [-0.15, -0.1) is 0 Å². The molecule has 0 radical (unpaired) electrons. The molecular formula is C15H16FN5O6S. The third kappa shape index (κ3) is 7.45. The van der Waals surface area contributed by atoms with Crippen LogP contribution in [-0.2, 0) is 10.1 Å². The van der Waals surface area contributed by atoms with E-state index in [1.165, 1.54) is 23.7 Å². The van der Waals surface area contributed by atoms with E-state index in [1.807, 2.05) is 6.92 Å². The molecule has 2 aromatic carbocycles. The van der Waals surface area contributed by atoms with Crippen molar-refractivity contribution < 1.29 is 27.5 Å². The molecule has 150 valence electrons. The number of rotatable bonds is 4. The lowest BCUT2D eigenvalue weighted by Crippen LogP contribution is -2.30. The number of hydrazone groups is 1. The number of nitro benzene ring substituents is 1. The van der Waals surface area contributed by atoms with Crippen LogP contribution in [0, 0.1) is 28.3 Å². The zero-order valence-corrected chi connectivity index (χ0v) is 15.1.